The SMILES string of the molecule is O=C(O)c1ccnc(-c2ccc(COCCCN3CCC(F)(F)CC3)cn2)c1. The van der Waals surface area contributed by atoms with Gasteiger partial charge in [-0.1, -0.05) is 6.07 Å². The van der Waals surface area contributed by atoms with E-state index in [9.17, 15) is 13.6 Å². The van der Waals surface area contributed by atoms with Gasteiger partial charge in [-0.15, -0.1) is 0 Å². The minimum Gasteiger partial charge on any atom is -0.478 e. The van der Waals surface area contributed by atoms with Crippen LogP contribution < -0.4 is 0 Å². The maximum atomic E-state index is 13.1. The number of ether oxygens (including phenoxy) is 1. The number of piperidine rings is 1. The van der Waals surface area contributed by atoms with Gasteiger partial charge in [0.1, 0.15) is 0 Å². The van der Waals surface area contributed by atoms with Crippen molar-refractivity contribution in [2.24, 2.45) is 0 Å². The Morgan fingerprint density at radius 2 is 1.96 bits per heavy atom. The van der Waals surface area contributed by atoms with Crippen LogP contribution in [0.5, 0.6) is 0 Å². The summed E-state index contributed by atoms with van der Waals surface area (Å²) >= 11 is 0. The van der Waals surface area contributed by atoms with Gasteiger partial charge in [-0.2, -0.15) is 0 Å². The molecule has 3 rings (SSSR count). The summed E-state index contributed by atoms with van der Waals surface area (Å²) in [5.41, 5.74) is 2.15. The molecule has 0 unspecified atom stereocenters. The van der Waals surface area contributed by atoms with Gasteiger partial charge in [-0.05, 0) is 30.2 Å². The number of alkyl halides is 2. The number of carboxylic acids is 1. The fourth-order valence-corrected chi connectivity index (χ4v) is 3.05. The van der Waals surface area contributed by atoms with Crippen molar-refractivity contribution in [1.29, 1.82) is 0 Å². The number of hydrogen-bond acceptors (Lipinski definition) is 5. The molecular formula is C20H23F2N3O3. The number of aromatic nitrogens is 2. The van der Waals surface area contributed by atoms with Gasteiger partial charge < -0.3 is 14.7 Å². The summed E-state index contributed by atoms with van der Waals surface area (Å²) in [4.78, 5) is 21.6. The highest BCUT2D eigenvalue weighted by molar-refractivity contribution is 5.88. The highest BCUT2D eigenvalue weighted by Crippen LogP contribution is 2.27. The van der Waals surface area contributed by atoms with Gasteiger partial charge in [0.25, 0.3) is 5.92 Å². The molecule has 1 fully saturated rings. The number of carbonyl (C=O) groups is 1. The second-order valence-corrected chi connectivity index (χ2v) is 6.89. The first-order valence-corrected chi connectivity index (χ1v) is 9.25. The Kier molecular flexibility index (Phi) is 6.64. The van der Waals surface area contributed by atoms with Gasteiger partial charge >= 0.3 is 5.97 Å². The van der Waals surface area contributed by atoms with Crippen molar-refractivity contribution in [3.05, 3.63) is 47.8 Å². The lowest BCUT2D eigenvalue weighted by molar-refractivity contribution is -0.0560. The highest BCUT2D eigenvalue weighted by atomic mass is 19.3. The fraction of sp³-hybridized carbons (Fsp3) is 0.450. The Hall–Kier alpha value is -2.45. The van der Waals surface area contributed by atoms with Gasteiger partial charge in [-0.3, -0.25) is 9.97 Å². The summed E-state index contributed by atoms with van der Waals surface area (Å²) in [6, 6.07) is 6.56. The number of rotatable bonds is 8. The molecule has 0 aromatic carbocycles. The highest BCUT2D eigenvalue weighted by Gasteiger charge is 2.33. The van der Waals surface area contributed by atoms with Crippen molar-refractivity contribution in [1.82, 2.24) is 14.9 Å². The molecule has 3 heterocycles. The van der Waals surface area contributed by atoms with E-state index in [4.69, 9.17) is 9.84 Å². The molecule has 2 aromatic rings. The minimum atomic E-state index is -2.50. The average molecular weight is 391 g/mol. The molecule has 150 valence electrons. The topological polar surface area (TPSA) is 75.6 Å². The quantitative estimate of drug-likeness (QED) is 0.695. The van der Waals surface area contributed by atoms with Crippen molar-refractivity contribution in [2.75, 3.05) is 26.2 Å². The molecule has 0 atom stereocenters. The zero-order chi connectivity index (χ0) is 20.0. The number of likely N-dealkylation sites (tertiary alicyclic amines) is 1. The van der Waals surface area contributed by atoms with E-state index in [2.05, 4.69) is 14.9 Å². The lowest BCUT2D eigenvalue weighted by Crippen LogP contribution is -2.39. The van der Waals surface area contributed by atoms with Crippen molar-refractivity contribution in [2.45, 2.75) is 31.8 Å². The molecule has 1 saturated heterocycles. The van der Waals surface area contributed by atoms with Crippen LogP contribution in [0, 0.1) is 0 Å². The summed E-state index contributed by atoms with van der Waals surface area (Å²) in [5, 5.41) is 9.05. The monoisotopic (exact) mass is 391 g/mol. The van der Waals surface area contributed by atoms with E-state index in [-0.39, 0.29) is 18.4 Å². The largest absolute Gasteiger partial charge is 0.478 e. The molecule has 0 radical (unpaired) electrons. The third kappa shape index (κ3) is 5.77. The second-order valence-electron chi connectivity index (χ2n) is 6.89. The maximum absolute atomic E-state index is 13.1. The van der Waals surface area contributed by atoms with Crippen molar-refractivity contribution < 1.29 is 23.4 Å². The number of hydrogen-bond donors (Lipinski definition) is 1. The molecule has 0 aliphatic carbocycles. The first kappa shape index (κ1) is 20.3. The van der Waals surface area contributed by atoms with Gasteiger partial charge in [0.15, 0.2) is 0 Å². The lowest BCUT2D eigenvalue weighted by Gasteiger charge is -2.31. The Bertz CT molecular complexity index is 790. The molecule has 0 saturated carbocycles. The molecule has 8 heteroatoms. The molecular weight excluding hydrogens is 368 g/mol. The third-order valence-electron chi connectivity index (χ3n) is 4.71. The zero-order valence-corrected chi connectivity index (χ0v) is 15.5. The molecule has 1 N–H and O–H groups in total. The smallest absolute Gasteiger partial charge is 0.335 e. The van der Waals surface area contributed by atoms with E-state index in [0.717, 1.165) is 18.5 Å². The van der Waals surface area contributed by atoms with E-state index in [0.29, 0.717) is 37.7 Å². The maximum Gasteiger partial charge on any atom is 0.335 e. The van der Waals surface area contributed by atoms with Gasteiger partial charge in [0.2, 0.25) is 0 Å². The first-order valence-electron chi connectivity index (χ1n) is 9.25. The molecule has 0 spiro atoms. The van der Waals surface area contributed by atoms with Crippen LogP contribution >= 0.6 is 0 Å². The molecule has 0 bridgehead atoms. The fourth-order valence-electron chi connectivity index (χ4n) is 3.05. The summed E-state index contributed by atoms with van der Waals surface area (Å²) in [5.74, 6) is -3.51. The molecule has 0 amide bonds. The molecule has 2 aromatic heterocycles. The lowest BCUT2D eigenvalue weighted by atomic mass is 10.1. The van der Waals surface area contributed by atoms with E-state index in [1.165, 1.54) is 18.3 Å². The van der Waals surface area contributed by atoms with Crippen molar-refractivity contribution in [3.8, 4) is 11.4 Å². The van der Waals surface area contributed by atoms with Gasteiger partial charge in [0, 0.05) is 51.5 Å². The Morgan fingerprint density at radius 3 is 2.64 bits per heavy atom. The normalized spacial score (nSPS) is 16.8. The van der Waals surface area contributed by atoms with E-state index in [1.807, 2.05) is 6.07 Å². The predicted octanol–water partition coefficient (Wildman–Crippen LogP) is 3.48. The number of halogens is 2. The summed E-state index contributed by atoms with van der Waals surface area (Å²) < 4.78 is 31.9. The predicted molar refractivity (Wildman–Crippen MR) is 99.3 cm³/mol. The Balaban J connectivity index is 1.40. The second kappa shape index (κ2) is 9.16. The van der Waals surface area contributed by atoms with Gasteiger partial charge in [0.05, 0.1) is 23.6 Å². The number of nitrogens with zero attached hydrogens (tertiary/aromatic N) is 3. The molecule has 28 heavy (non-hydrogen) atoms. The van der Waals surface area contributed by atoms with Crippen LogP contribution in [-0.2, 0) is 11.3 Å². The van der Waals surface area contributed by atoms with Crippen LogP contribution in [0.3, 0.4) is 0 Å². The number of aromatic carboxylic acids is 1. The van der Waals surface area contributed by atoms with Crippen LogP contribution in [0.2, 0.25) is 0 Å². The van der Waals surface area contributed by atoms with Crippen LogP contribution in [0.15, 0.2) is 36.7 Å². The van der Waals surface area contributed by atoms with Crippen molar-refractivity contribution in [3.63, 3.8) is 0 Å². The molecule has 1 aliphatic rings. The molecule has 1 aliphatic heterocycles. The number of pyridine rings is 2. The minimum absolute atomic E-state index is 0.0594. The summed E-state index contributed by atoms with van der Waals surface area (Å²) in [7, 11) is 0. The summed E-state index contributed by atoms with van der Waals surface area (Å²) in [6.07, 6.45) is 3.80. The average Bonchev–Trinajstić information content (AvgIpc) is 2.69. The first-order chi connectivity index (χ1) is 13.4. The third-order valence-corrected chi connectivity index (χ3v) is 4.71. The zero-order valence-electron chi connectivity index (χ0n) is 15.5. The number of carboxylic acid groups (broad SMARTS) is 1. The van der Waals surface area contributed by atoms with Crippen LogP contribution in [0.25, 0.3) is 11.4 Å². The van der Waals surface area contributed by atoms with E-state index >= 15 is 0 Å². The summed E-state index contributed by atoms with van der Waals surface area (Å²) in [6.45, 7) is 2.61. The molecule has 6 nitrogen and oxygen atoms in total. The van der Waals surface area contributed by atoms with E-state index in [1.54, 1.807) is 12.3 Å². The Morgan fingerprint density at radius 1 is 1.18 bits per heavy atom. The van der Waals surface area contributed by atoms with E-state index < -0.39 is 11.9 Å². The standard InChI is InChI=1S/C20H23F2N3O3/c21-20(22)5-9-25(10-6-20)8-1-11-28-14-15-2-3-17(24-13-15)18-12-16(19(26)27)4-7-23-18/h2-4,7,12-13H,1,5-6,8-11,14H2,(H,26,27). The van der Waals surface area contributed by atoms with Crippen molar-refractivity contribution >= 4 is 5.97 Å². The van der Waals surface area contributed by atoms with Crippen LogP contribution in [0.1, 0.15) is 35.2 Å². The Labute approximate surface area is 162 Å². The van der Waals surface area contributed by atoms with Crippen LogP contribution in [0.4, 0.5) is 8.78 Å². The van der Waals surface area contributed by atoms with Crippen LogP contribution in [-0.4, -0.2) is 58.1 Å². The van der Waals surface area contributed by atoms with Gasteiger partial charge in [-0.25, -0.2) is 13.6 Å².